The molecule has 1 aromatic carbocycles. The molecule has 0 aliphatic heterocycles. The molecule has 4 heteroatoms. The van der Waals surface area contributed by atoms with Crippen LogP contribution in [-0.2, 0) is 6.42 Å². The molecule has 0 radical (unpaired) electrons. The number of anilines is 1. The van der Waals surface area contributed by atoms with Crippen LogP contribution in [-0.4, -0.2) is 10.4 Å². The van der Waals surface area contributed by atoms with E-state index in [-0.39, 0.29) is 6.04 Å². The highest BCUT2D eigenvalue weighted by Crippen LogP contribution is 2.24. The van der Waals surface area contributed by atoms with Crippen molar-refractivity contribution in [3.63, 3.8) is 0 Å². The Morgan fingerprint density at radius 1 is 1.39 bits per heavy atom. The summed E-state index contributed by atoms with van der Waals surface area (Å²) in [6.45, 7) is 3.98. The van der Waals surface area contributed by atoms with Crippen molar-refractivity contribution in [2.75, 3.05) is 5.32 Å². The molecule has 0 bridgehead atoms. The van der Waals surface area contributed by atoms with E-state index >= 15 is 0 Å². The molecule has 2 rings (SSSR count). The number of rotatable bonds is 4. The maximum Gasteiger partial charge on any atom is 0.127 e. The summed E-state index contributed by atoms with van der Waals surface area (Å²) < 4.78 is 4.20. The van der Waals surface area contributed by atoms with Crippen molar-refractivity contribution in [1.82, 2.24) is 4.37 Å². The lowest BCUT2D eigenvalue weighted by Gasteiger charge is -2.13. The summed E-state index contributed by atoms with van der Waals surface area (Å²) in [7, 11) is 0. The zero-order valence-electron chi connectivity index (χ0n) is 10.5. The second-order valence-electron chi connectivity index (χ2n) is 4.32. The van der Waals surface area contributed by atoms with Crippen molar-refractivity contribution in [3.05, 3.63) is 47.2 Å². The van der Waals surface area contributed by atoms with E-state index in [1.807, 2.05) is 25.1 Å². The van der Waals surface area contributed by atoms with E-state index in [0.29, 0.717) is 5.56 Å². The van der Waals surface area contributed by atoms with Crippen molar-refractivity contribution < 1.29 is 0 Å². The van der Waals surface area contributed by atoms with Crippen LogP contribution in [0.25, 0.3) is 0 Å². The lowest BCUT2D eigenvalue weighted by atomic mass is 10.1. The number of nitriles is 1. The molecule has 0 saturated carbocycles. The van der Waals surface area contributed by atoms with Crippen molar-refractivity contribution in [2.24, 2.45) is 0 Å². The first-order valence-corrected chi connectivity index (χ1v) is 6.65. The Bertz CT molecular complexity index is 554. The molecular weight excluding hydrogens is 242 g/mol. The second kappa shape index (κ2) is 5.65. The van der Waals surface area contributed by atoms with E-state index in [1.165, 1.54) is 17.1 Å². The molecule has 1 atom stereocenters. The fourth-order valence-corrected chi connectivity index (χ4v) is 2.70. The van der Waals surface area contributed by atoms with E-state index in [1.54, 1.807) is 0 Å². The third kappa shape index (κ3) is 2.88. The lowest BCUT2D eigenvalue weighted by Crippen LogP contribution is -2.17. The maximum absolute atomic E-state index is 9.07. The quantitative estimate of drug-likeness (QED) is 0.913. The van der Waals surface area contributed by atoms with E-state index in [9.17, 15) is 0 Å². The average molecular weight is 257 g/mol. The smallest absolute Gasteiger partial charge is 0.127 e. The summed E-state index contributed by atoms with van der Waals surface area (Å²) in [4.78, 5) is 0. The third-order valence-corrected chi connectivity index (χ3v) is 3.61. The Morgan fingerprint density at radius 3 is 2.78 bits per heavy atom. The van der Waals surface area contributed by atoms with Gasteiger partial charge in [0.15, 0.2) is 0 Å². The lowest BCUT2D eigenvalue weighted by molar-refractivity contribution is 0.793. The van der Waals surface area contributed by atoms with E-state index < -0.39 is 0 Å². The zero-order valence-corrected chi connectivity index (χ0v) is 11.3. The zero-order chi connectivity index (χ0) is 13.0. The van der Waals surface area contributed by atoms with Gasteiger partial charge in [-0.05, 0) is 37.4 Å². The van der Waals surface area contributed by atoms with Crippen LogP contribution in [0.1, 0.15) is 23.7 Å². The molecule has 18 heavy (non-hydrogen) atoms. The van der Waals surface area contributed by atoms with Crippen LogP contribution in [0.3, 0.4) is 0 Å². The molecule has 0 aliphatic carbocycles. The highest BCUT2D eigenvalue weighted by Gasteiger charge is 2.12. The largest absolute Gasteiger partial charge is 0.372 e. The van der Waals surface area contributed by atoms with Crippen molar-refractivity contribution >= 4 is 16.5 Å². The molecule has 0 spiro atoms. The molecule has 1 aromatic heterocycles. The fourth-order valence-electron chi connectivity index (χ4n) is 1.84. The Labute approximate surface area is 111 Å². The molecule has 3 nitrogen and oxygen atoms in total. The van der Waals surface area contributed by atoms with Gasteiger partial charge in [-0.1, -0.05) is 30.3 Å². The number of nitrogens with zero attached hydrogens (tertiary/aromatic N) is 2. The van der Waals surface area contributed by atoms with Crippen molar-refractivity contribution in [3.8, 4) is 6.07 Å². The first kappa shape index (κ1) is 12.6. The molecule has 0 saturated heterocycles. The Balaban J connectivity index is 2.04. The molecule has 1 N–H and O–H groups in total. The molecule has 2 aromatic rings. The van der Waals surface area contributed by atoms with Crippen LogP contribution in [0.4, 0.5) is 5.00 Å². The van der Waals surface area contributed by atoms with E-state index in [2.05, 4.69) is 34.8 Å². The van der Waals surface area contributed by atoms with Crippen molar-refractivity contribution in [1.29, 1.82) is 5.26 Å². The third-order valence-electron chi connectivity index (χ3n) is 2.74. The number of aryl methyl sites for hydroxylation is 1. The van der Waals surface area contributed by atoms with Gasteiger partial charge in [-0.3, -0.25) is 0 Å². The van der Waals surface area contributed by atoms with Crippen LogP contribution < -0.4 is 5.32 Å². The topological polar surface area (TPSA) is 48.7 Å². The number of nitrogens with one attached hydrogen (secondary N) is 1. The van der Waals surface area contributed by atoms with Gasteiger partial charge in [-0.2, -0.15) is 9.64 Å². The maximum atomic E-state index is 9.07. The summed E-state index contributed by atoms with van der Waals surface area (Å²) in [5, 5.41) is 13.3. The van der Waals surface area contributed by atoms with Gasteiger partial charge < -0.3 is 5.32 Å². The highest BCUT2D eigenvalue weighted by atomic mass is 32.1. The SMILES string of the molecule is Cc1nsc(NC(C)Cc2ccccc2)c1C#N. The Hall–Kier alpha value is -1.86. The van der Waals surface area contributed by atoms with Gasteiger partial charge in [0, 0.05) is 6.04 Å². The van der Waals surface area contributed by atoms with Gasteiger partial charge in [0.2, 0.25) is 0 Å². The summed E-state index contributed by atoms with van der Waals surface area (Å²) in [6, 6.07) is 12.8. The first-order chi connectivity index (χ1) is 8.70. The standard InChI is InChI=1S/C14H15N3S/c1-10(8-12-6-4-3-5-7-12)16-14-13(9-15)11(2)17-18-14/h3-7,10,16H,8H2,1-2H3. The molecule has 0 aliphatic rings. The summed E-state index contributed by atoms with van der Waals surface area (Å²) >= 11 is 1.36. The minimum absolute atomic E-state index is 0.277. The molecule has 0 amide bonds. The predicted octanol–water partition coefficient (Wildman–Crippen LogP) is 3.37. The van der Waals surface area contributed by atoms with Gasteiger partial charge in [-0.15, -0.1) is 0 Å². The fraction of sp³-hybridized carbons (Fsp3) is 0.286. The van der Waals surface area contributed by atoms with Crippen LogP contribution >= 0.6 is 11.5 Å². The number of hydrogen-bond donors (Lipinski definition) is 1. The highest BCUT2D eigenvalue weighted by molar-refractivity contribution is 7.10. The van der Waals surface area contributed by atoms with Crippen LogP contribution in [0.2, 0.25) is 0 Å². The molecular formula is C14H15N3S. The van der Waals surface area contributed by atoms with Crippen LogP contribution in [0.15, 0.2) is 30.3 Å². The summed E-state index contributed by atoms with van der Waals surface area (Å²) in [6.07, 6.45) is 0.933. The van der Waals surface area contributed by atoms with E-state index in [4.69, 9.17) is 5.26 Å². The molecule has 1 unspecified atom stereocenters. The monoisotopic (exact) mass is 257 g/mol. The first-order valence-electron chi connectivity index (χ1n) is 5.87. The summed E-state index contributed by atoms with van der Waals surface area (Å²) in [5.41, 5.74) is 2.76. The minimum atomic E-state index is 0.277. The van der Waals surface area contributed by atoms with Crippen LogP contribution in [0, 0.1) is 18.3 Å². The van der Waals surface area contributed by atoms with Crippen LogP contribution in [0.5, 0.6) is 0 Å². The Morgan fingerprint density at radius 2 is 2.11 bits per heavy atom. The Kier molecular flexibility index (Phi) is 3.96. The molecule has 0 fully saturated rings. The van der Waals surface area contributed by atoms with E-state index in [0.717, 1.165) is 17.1 Å². The number of benzene rings is 1. The van der Waals surface area contributed by atoms with Gasteiger partial charge in [0.1, 0.15) is 16.6 Å². The normalized spacial score (nSPS) is 11.8. The predicted molar refractivity (Wildman–Crippen MR) is 74.8 cm³/mol. The van der Waals surface area contributed by atoms with Gasteiger partial charge in [0.25, 0.3) is 0 Å². The molecule has 92 valence electrons. The number of aromatic nitrogens is 1. The summed E-state index contributed by atoms with van der Waals surface area (Å²) in [5.74, 6) is 0. The van der Waals surface area contributed by atoms with Gasteiger partial charge >= 0.3 is 0 Å². The van der Waals surface area contributed by atoms with Gasteiger partial charge in [-0.25, -0.2) is 0 Å². The average Bonchev–Trinajstić information content (AvgIpc) is 2.71. The van der Waals surface area contributed by atoms with Gasteiger partial charge in [0.05, 0.1) is 5.69 Å². The second-order valence-corrected chi connectivity index (χ2v) is 5.09. The number of hydrogen-bond acceptors (Lipinski definition) is 4. The van der Waals surface area contributed by atoms with Crippen molar-refractivity contribution in [2.45, 2.75) is 26.3 Å². The minimum Gasteiger partial charge on any atom is -0.372 e. The molecule has 1 heterocycles.